The van der Waals surface area contributed by atoms with Crippen molar-refractivity contribution in [1.82, 2.24) is 5.32 Å². The van der Waals surface area contributed by atoms with E-state index in [1.54, 1.807) is 0 Å². The van der Waals surface area contributed by atoms with Crippen LogP contribution in [0.1, 0.15) is 50.0 Å². The lowest BCUT2D eigenvalue weighted by atomic mass is 9.82. The Morgan fingerprint density at radius 1 is 1.38 bits per heavy atom. The Morgan fingerprint density at radius 2 is 2.00 bits per heavy atom. The van der Waals surface area contributed by atoms with Crippen molar-refractivity contribution in [1.29, 1.82) is 5.26 Å². The Morgan fingerprint density at radius 3 is 2.46 bits per heavy atom. The van der Waals surface area contributed by atoms with E-state index in [2.05, 4.69) is 5.32 Å². The number of halogens is 3. The van der Waals surface area contributed by atoms with Crippen LogP contribution in [0.15, 0.2) is 16.5 Å². The second-order valence-corrected chi connectivity index (χ2v) is 6.25. The Balaban J connectivity index is 2.21. The highest BCUT2D eigenvalue weighted by Gasteiger charge is 2.58. The minimum Gasteiger partial charge on any atom is -0.463 e. The van der Waals surface area contributed by atoms with Crippen LogP contribution in [0.25, 0.3) is 0 Å². The third-order valence-electron chi connectivity index (χ3n) is 4.33. The van der Waals surface area contributed by atoms with E-state index in [1.807, 2.05) is 6.07 Å². The lowest BCUT2D eigenvalue weighted by Crippen LogP contribution is -2.52. The van der Waals surface area contributed by atoms with Gasteiger partial charge in [-0.2, -0.15) is 18.4 Å². The van der Waals surface area contributed by atoms with Gasteiger partial charge in [-0.15, -0.1) is 0 Å². The number of amides is 1. The summed E-state index contributed by atoms with van der Waals surface area (Å²) in [6.07, 6.45) is -3.23. The number of nitrogens with zero attached hydrogens (tertiary/aromatic N) is 1. The SMILES string of the molecule is Cc1ccc(C(O)(CC(=O)NC2(C#N)CCCCC2)C(F)(F)F)o1. The summed E-state index contributed by atoms with van der Waals surface area (Å²) in [4.78, 5) is 12.2. The molecular weight excluding hydrogens is 325 g/mol. The van der Waals surface area contributed by atoms with Crippen molar-refractivity contribution in [3.05, 3.63) is 23.7 Å². The van der Waals surface area contributed by atoms with E-state index in [-0.39, 0.29) is 5.76 Å². The van der Waals surface area contributed by atoms with Gasteiger partial charge in [0.05, 0.1) is 12.5 Å². The van der Waals surface area contributed by atoms with Crippen molar-refractivity contribution in [3.63, 3.8) is 0 Å². The van der Waals surface area contributed by atoms with E-state index in [0.29, 0.717) is 12.8 Å². The number of carbonyl (C=O) groups excluding carboxylic acids is 1. The van der Waals surface area contributed by atoms with Crippen LogP contribution in [0.4, 0.5) is 13.2 Å². The molecule has 0 radical (unpaired) electrons. The first-order valence-electron chi connectivity index (χ1n) is 7.70. The zero-order chi connectivity index (χ0) is 18.0. The van der Waals surface area contributed by atoms with E-state index in [9.17, 15) is 28.3 Å². The van der Waals surface area contributed by atoms with Crippen molar-refractivity contribution in [3.8, 4) is 6.07 Å². The first-order chi connectivity index (χ1) is 11.1. The molecule has 0 aliphatic heterocycles. The summed E-state index contributed by atoms with van der Waals surface area (Å²) >= 11 is 0. The molecule has 1 amide bonds. The van der Waals surface area contributed by atoms with Crippen molar-refractivity contribution < 1.29 is 27.5 Å². The van der Waals surface area contributed by atoms with Gasteiger partial charge in [-0.25, -0.2) is 0 Å². The van der Waals surface area contributed by atoms with Crippen LogP contribution in [0.5, 0.6) is 0 Å². The van der Waals surface area contributed by atoms with Gasteiger partial charge < -0.3 is 14.8 Å². The second-order valence-electron chi connectivity index (χ2n) is 6.25. The number of aliphatic hydroxyl groups is 1. The molecule has 1 fully saturated rings. The lowest BCUT2D eigenvalue weighted by Gasteiger charge is -2.33. The van der Waals surface area contributed by atoms with Crippen LogP contribution in [0, 0.1) is 18.3 Å². The smallest absolute Gasteiger partial charge is 0.425 e. The van der Waals surface area contributed by atoms with Gasteiger partial charge in [-0.1, -0.05) is 19.3 Å². The minimum absolute atomic E-state index is 0.189. The molecule has 0 bridgehead atoms. The van der Waals surface area contributed by atoms with Crippen LogP contribution < -0.4 is 5.32 Å². The van der Waals surface area contributed by atoms with Crippen molar-refractivity contribution in [2.24, 2.45) is 0 Å². The molecule has 24 heavy (non-hydrogen) atoms. The van der Waals surface area contributed by atoms with Gasteiger partial charge in [0.1, 0.15) is 17.1 Å². The van der Waals surface area contributed by atoms with E-state index in [0.717, 1.165) is 25.3 Å². The third-order valence-corrected chi connectivity index (χ3v) is 4.33. The molecule has 0 spiro atoms. The molecule has 0 saturated heterocycles. The number of hydrogen-bond acceptors (Lipinski definition) is 4. The molecule has 8 heteroatoms. The molecule has 1 saturated carbocycles. The van der Waals surface area contributed by atoms with Gasteiger partial charge in [-0.05, 0) is 31.9 Å². The molecule has 1 aromatic heterocycles. The molecule has 1 aliphatic carbocycles. The minimum atomic E-state index is -5.10. The zero-order valence-corrected chi connectivity index (χ0v) is 13.2. The topological polar surface area (TPSA) is 86.3 Å². The predicted molar refractivity (Wildman–Crippen MR) is 77.6 cm³/mol. The number of furan rings is 1. The number of nitrogens with one attached hydrogen (secondary N) is 1. The predicted octanol–water partition coefficient (Wildman–Crippen LogP) is 3.07. The van der Waals surface area contributed by atoms with Crippen molar-refractivity contribution in [2.45, 2.75) is 62.8 Å². The molecule has 1 atom stereocenters. The maximum atomic E-state index is 13.4. The number of alkyl halides is 3. The Hall–Kier alpha value is -2.01. The van der Waals surface area contributed by atoms with Gasteiger partial charge in [0.15, 0.2) is 0 Å². The normalized spacial score (nSPS) is 20.0. The molecule has 5 nitrogen and oxygen atoms in total. The van der Waals surface area contributed by atoms with E-state index >= 15 is 0 Å². The zero-order valence-electron chi connectivity index (χ0n) is 13.2. The van der Waals surface area contributed by atoms with Crippen molar-refractivity contribution >= 4 is 5.91 Å². The summed E-state index contributed by atoms with van der Waals surface area (Å²) in [5.41, 5.74) is -4.60. The third kappa shape index (κ3) is 3.56. The second kappa shape index (κ2) is 6.48. The quantitative estimate of drug-likeness (QED) is 0.879. The fourth-order valence-corrected chi connectivity index (χ4v) is 2.95. The fourth-order valence-electron chi connectivity index (χ4n) is 2.95. The van der Waals surface area contributed by atoms with Gasteiger partial charge >= 0.3 is 6.18 Å². The van der Waals surface area contributed by atoms with Crippen LogP contribution in [0.2, 0.25) is 0 Å². The average molecular weight is 344 g/mol. The number of hydrogen-bond donors (Lipinski definition) is 2. The Labute approximate surface area is 137 Å². The standard InChI is InChI=1S/C16H19F3N2O3/c1-11-5-6-12(24-11)15(23,16(17,18)19)9-13(22)21-14(10-20)7-3-2-4-8-14/h5-6,23H,2-4,7-9H2,1H3,(H,21,22). The molecule has 1 unspecified atom stereocenters. The first-order valence-corrected chi connectivity index (χ1v) is 7.70. The Bertz CT molecular complexity index is 642. The number of nitriles is 1. The van der Waals surface area contributed by atoms with Crippen LogP contribution >= 0.6 is 0 Å². The van der Waals surface area contributed by atoms with E-state index in [4.69, 9.17) is 4.42 Å². The summed E-state index contributed by atoms with van der Waals surface area (Å²) < 4.78 is 45.0. The van der Waals surface area contributed by atoms with Gasteiger partial charge in [0.2, 0.25) is 11.5 Å². The van der Waals surface area contributed by atoms with Crippen LogP contribution in [0.3, 0.4) is 0 Å². The molecule has 1 aromatic rings. The Kier molecular flexibility index (Phi) is 4.95. The summed E-state index contributed by atoms with van der Waals surface area (Å²) in [6.45, 7) is 1.44. The molecule has 0 aromatic carbocycles. The number of carbonyl (C=O) groups is 1. The monoisotopic (exact) mass is 344 g/mol. The molecule has 2 N–H and O–H groups in total. The fraction of sp³-hybridized carbons (Fsp3) is 0.625. The maximum Gasteiger partial charge on any atom is 0.425 e. The largest absolute Gasteiger partial charge is 0.463 e. The molecule has 1 heterocycles. The summed E-state index contributed by atoms with van der Waals surface area (Å²) in [5, 5.41) is 21.8. The maximum absolute atomic E-state index is 13.4. The van der Waals surface area contributed by atoms with E-state index in [1.165, 1.54) is 13.0 Å². The highest BCUT2D eigenvalue weighted by molar-refractivity contribution is 5.78. The van der Waals surface area contributed by atoms with Gasteiger partial charge in [0, 0.05) is 0 Å². The summed E-state index contributed by atoms with van der Waals surface area (Å²) in [5.74, 6) is -1.58. The number of aryl methyl sites for hydroxylation is 1. The van der Waals surface area contributed by atoms with Gasteiger partial charge in [-0.3, -0.25) is 4.79 Å². The average Bonchev–Trinajstić information content (AvgIpc) is 2.94. The van der Waals surface area contributed by atoms with Gasteiger partial charge in [0.25, 0.3) is 0 Å². The summed E-state index contributed by atoms with van der Waals surface area (Å²) in [6, 6.07) is 4.27. The van der Waals surface area contributed by atoms with Crippen molar-refractivity contribution in [2.75, 3.05) is 0 Å². The van der Waals surface area contributed by atoms with Crippen LogP contribution in [-0.4, -0.2) is 22.7 Å². The molecule has 1 aliphatic rings. The first kappa shape index (κ1) is 18.3. The number of rotatable bonds is 4. The molecule has 132 valence electrons. The highest BCUT2D eigenvalue weighted by atomic mass is 19.4. The lowest BCUT2D eigenvalue weighted by molar-refractivity contribution is -0.273. The van der Waals surface area contributed by atoms with Crippen LogP contribution in [-0.2, 0) is 10.4 Å². The van der Waals surface area contributed by atoms with E-state index < -0.39 is 35.4 Å². The summed E-state index contributed by atoms with van der Waals surface area (Å²) in [7, 11) is 0. The molecular formula is C16H19F3N2O3. The highest BCUT2D eigenvalue weighted by Crippen LogP contribution is 2.42. The molecule has 2 rings (SSSR count).